The Bertz CT molecular complexity index is 82.8. The molecule has 54 valence electrons. The highest BCUT2D eigenvalue weighted by Gasteiger charge is 2.13. The molecule has 3 heteroatoms. The molecule has 0 saturated carbocycles. The molecule has 0 radical (unpaired) electrons. The summed E-state index contributed by atoms with van der Waals surface area (Å²) in [5, 5.41) is 17.3. The molecule has 0 fully saturated rings. The molecule has 0 aromatic carbocycles. The van der Waals surface area contributed by atoms with Gasteiger partial charge in [0.1, 0.15) is 6.61 Å². The van der Waals surface area contributed by atoms with E-state index in [2.05, 4.69) is 6.58 Å². The highest BCUT2D eigenvalue weighted by atomic mass is 16.6. The van der Waals surface area contributed by atoms with E-state index in [0.29, 0.717) is 6.61 Å². The number of ether oxygens (including phenoxy) is 1. The highest BCUT2D eigenvalue weighted by Crippen LogP contribution is 1.95. The zero-order valence-electron chi connectivity index (χ0n) is 5.50. The molecule has 3 nitrogen and oxygen atoms in total. The van der Waals surface area contributed by atoms with Gasteiger partial charge in [-0.3, -0.25) is 0 Å². The molecule has 0 atom stereocenters. The van der Waals surface area contributed by atoms with E-state index in [1.807, 2.05) is 0 Å². The van der Waals surface area contributed by atoms with Crippen molar-refractivity contribution in [1.29, 1.82) is 0 Å². The van der Waals surface area contributed by atoms with Crippen LogP contribution < -0.4 is 0 Å². The van der Waals surface area contributed by atoms with Crippen LogP contribution in [0.15, 0.2) is 12.7 Å². The molecule has 0 aliphatic rings. The van der Waals surface area contributed by atoms with Crippen LogP contribution in [0.4, 0.5) is 0 Å². The molecule has 0 aromatic heterocycles. The van der Waals surface area contributed by atoms with Crippen molar-refractivity contribution in [1.82, 2.24) is 0 Å². The van der Waals surface area contributed by atoms with Crippen LogP contribution in [0.2, 0.25) is 0 Å². The van der Waals surface area contributed by atoms with Crippen LogP contribution in [0, 0.1) is 0 Å². The molecule has 2 N–H and O–H groups in total. The number of hydrogen-bond acceptors (Lipinski definition) is 3. The van der Waals surface area contributed by atoms with Crippen LogP contribution in [-0.2, 0) is 4.74 Å². The second-order valence-electron chi connectivity index (χ2n) is 2.02. The lowest BCUT2D eigenvalue weighted by molar-refractivity contribution is -0.181. The molecular weight excluding hydrogens is 120 g/mol. The maximum atomic E-state index is 8.64. The Labute approximate surface area is 54.6 Å². The third-order valence-corrected chi connectivity index (χ3v) is 0.611. The fourth-order valence-corrected chi connectivity index (χ4v) is 0.336. The molecular formula is C6H12O3. The summed E-state index contributed by atoms with van der Waals surface area (Å²) < 4.78 is 4.73. The minimum Gasteiger partial charge on any atom is -0.372 e. The van der Waals surface area contributed by atoms with Crippen molar-refractivity contribution >= 4 is 0 Å². The second-order valence-corrected chi connectivity index (χ2v) is 2.02. The quantitative estimate of drug-likeness (QED) is 0.319. The fraction of sp³-hybridized carbons (Fsp3) is 0.667. The van der Waals surface area contributed by atoms with Crippen molar-refractivity contribution in [3.05, 3.63) is 12.7 Å². The summed E-state index contributed by atoms with van der Waals surface area (Å²) in [4.78, 5) is 0. The molecule has 0 saturated heterocycles. The van der Waals surface area contributed by atoms with E-state index in [1.165, 1.54) is 6.92 Å². The average molecular weight is 132 g/mol. The van der Waals surface area contributed by atoms with Crippen LogP contribution in [0.5, 0.6) is 0 Å². The molecule has 0 spiro atoms. The van der Waals surface area contributed by atoms with Gasteiger partial charge < -0.3 is 14.9 Å². The first-order valence-corrected chi connectivity index (χ1v) is 2.69. The Kier molecular flexibility index (Phi) is 3.46. The molecule has 0 heterocycles. The van der Waals surface area contributed by atoms with Crippen LogP contribution in [0.25, 0.3) is 0 Å². The molecule has 9 heavy (non-hydrogen) atoms. The maximum absolute atomic E-state index is 8.64. The predicted molar refractivity (Wildman–Crippen MR) is 33.9 cm³/mol. The van der Waals surface area contributed by atoms with Crippen molar-refractivity contribution in [2.75, 3.05) is 13.2 Å². The van der Waals surface area contributed by atoms with E-state index >= 15 is 0 Å². The van der Waals surface area contributed by atoms with Gasteiger partial charge in [-0.15, -0.1) is 6.58 Å². The second kappa shape index (κ2) is 3.61. The van der Waals surface area contributed by atoms with Gasteiger partial charge in [-0.2, -0.15) is 0 Å². The first kappa shape index (κ1) is 8.62. The Hall–Kier alpha value is -0.380. The molecule has 0 aliphatic carbocycles. The van der Waals surface area contributed by atoms with Crippen molar-refractivity contribution in [3.8, 4) is 0 Å². The largest absolute Gasteiger partial charge is 0.372 e. The standard InChI is InChI=1S/C6H12O3/c1-3-4-9-5-6(2,7)8/h3,7-8H,1,4-5H2,2H3. The summed E-state index contributed by atoms with van der Waals surface area (Å²) >= 11 is 0. The zero-order valence-corrected chi connectivity index (χ0v) is 5.50. The van der Waals surface area contributed by atoms with E-state index in [-0.39, 0.29) is 6.61 Å². The van der Waals surface area contributed by atoms with Gasteiger partial charge in [0.2, 0.25) is 0 Å². The first-order valence-electron chi connectivity index (χ1n) is 2.69. The monoisotopic (exact) mass is 132 g/mol. The molecule has 0 aromatic rings. The van der Waals surface area contributed by atoms with E-state index < -0.39 is 5.79 Å². The van der Waals surface area contributed by atoms with Crippen molar-refractivity contribution in [3.63, 3.8) is 0 Å². The van der Waals surface area contributed by atoms with Crippen molar-refractivity contribution in [2.24, 2.45) is 0 Å². The van der Waals surface area contributed by atoms with E-state index in [9.17, 15) is 0 Å². The smallest absolute Gasteiger partial charge is 0.183 e. The third kappa shape index (κ3) is 7.62. The first-order chi connectivity index (χ1) is 4.06. The summed E-state index contributed by atoms with van der Waals surface area (Å²) in [5.41, 5.74) is 0. The minimum absolute atomic E-state index is 0.0843. The van der Waals surface area contributed by atoms with Gasteiger partial charge in [-0.25, -0.2) is 0 Å². The van der Waals surface area contributed by atoms with Gasteiger partial charge in [0.05, 0.1) is 6.61 Å². The zero-order chi connectivity index (χ0) is 7.33. The summed E-state index contributed by atoms with van der Waals surface area (Å²) in [5.74, 6) is -1.72. The average Bonchev–Trinajstić information content (AvgIpc) is 1.63. The van der Waals surface area contributed by atoms with Crippen LogP contribution >= 0.6 is 0 Å². The summed E-state index contributed by atoms with van der Waals surface area (Å²) in [6.07, 6.45) is 1.55. The number of rotatable bonds is 4. The molecule has 0 bridgehead atoms. The Morgan fingerprint density at radius 2 is 2.22 bits per heavy atom. The van der Waals surface area contributed by atoms with Gasteiger partial charge >= 0.3 is 0 Å². The lowest BCUT2D eigenvalue weighted by Crippen LogP contribution is -2.29. The van der Waals surface area contributed by atoms with E-state index in [4.69, 9.17) is 14.9 Å². The molecule has 0 amide bonds. The van der Waals surface area contributed by atoms with Gasteiger partial charge in [0.25, 0.3) is 0 Å². The Morgan fingerprint density at radius 3 is 2.56 bits per heavy atom. The predicted octanol–water partition coefficient (Wildman–Crippen LogP) is -0.110. The van der Waals surface area contributed by atoms with E-state index in [0.717, 1.165) is 0 Å². The van der Waals surface area contributed by atoms with Gasteiger partial charge in [0.15, 0.2) is 5.79 Å². The van der Waals surface area contributed by atoms with Gasteiger partial charge in [-0.05, 0) is 6.92 Å². The summed E-state index contributed by atoms with van der Waals surface area (Å²) in [6, 6.07) is 0. The summed E-state index contributed by atoms with van der Waals surface area (Å²) in [6.45, 7) is 4.91. The van der Waals surface area contributed by atoms with Crippen LogP contribution in [0.3, 0.4) is 0 Å². The lowest BCUT2D eigenvalue weighted by Gasteiger charge is -2.14. The Morgan fingerprint density at radius 1 is 1.67 bits per heavy atom. The van der Waals surface area contributed by atoms with Gasteiger partial charge in [-0.1, -0.05) is 6.08 Å². The van der Waals surface area contributed by atoms with Crippen molar-refractivity contribution < 1.29 is 14.9 Å². The van der Waals surface area contributed by atoms with Gasteiger partial charge in [0, 0.05) is 0 Å². The number of hydrogen-bond donors (Lipinski definition) is 2. The van der Waals surface area contributed by atoms with Crippen LogP contribution in [-0.4, -0.2) is 29.2 Å². The maximum Gasteiger partial charge on any atom is 0.183 e. The molecule has 0 rings (SSSR count). The Balaban J connectivity index is 3.17. The van der Waals surface area contributed by atoms with E-state index in [1.54, 1.807) is 6.08 Å². The summed E-state index contributed by atoms with van der Waals surface area (Å²) in [7, 11) is 0. The molecule has 0 aliphatic heterocycles. The highest BCUT2D eigenvalue weighted by molar-refractivity contribution is 4.65. The minimum atomic E-state index is -1.72. The number of aliphatic hydroxyl groups is 2. The molecule has 0 unspecified atom stereocenters. The van der Waals surface area contributed by atoms with Crippen molar-refractivity contribution in [2.45, 2.75) is 12.7 Å². The fourth-order valence-electron chi connectivity index (χ4n) is 0.336. The van der Waals surface area contributed by atoms with Crippen LogP contribution in [0.1, 0.15) is 6.92 Å². The third-order valence-electron chi connectivity index (χ3n) is 0.611. The SMILES string of the molecule is C=CCOCC(C)(O)O. The topological polar surface area (TPSA) is 49.7 Å². The normalized spacial score (nSPS) is 11.4. The lowest BCUT2D eigenvalue weighted by atomic mass is 10.4.